The van der Waals surface area contributed by atoms with Crippen molar-refractivity contribution in [2.75, 3.05) is 38.0 Å². The first kappa shape index (κ1) is 16.5. The monoisotopic (exact) mass is 306 g/mol. The van der Waals surface area contributed by atoms with E-state index < -0.39 is 0 Å². The second-order valence-corrected chi connectivity index (χ2v) is 6.19. The Morgan fingerprint density at radius 2 is 1.55 bits per heavy atom. The van der Waals surface area contributed by atoms with Gasteiger partial charge in [0.25, 0.3) is 0 Å². The largest absolute Gasteiger partial charge is 0.349 e. The lowest BCUT2D eigenvalue weighted by Gasteiger charge is -2.21. The summed E-state index contributed by atoms with van der Waals surface area (Å²) in [4.78, 5) is 29.0. The van der Waals surface area contributed by atoms with E-state index in [0.717, 1.165) is 25.7 Å². The van der Waals surface area contributed by atoms with Crippen LogP contribution in [0.1, 0.15) is 37.9 Å². The molecule has 1 N–H and O–H groups in total. The predicted octanol–water partition coefficient (Wildman–Crippen LogP) is 1.20. The summed E-state index contributed by atoms with van der Waals surface area (Å²) >= 11 is 0. The van der Waals surface area contributed by atoms with Crippen LogP contribution in [0, 0.1) is 5.92 Å². The highest BCUT2D eigenvalue weighted by Crippen LogP contribution is 2.23. The minimum atomic E-state index is 0.123. The molecule has 0 unspecified atom stereocenters. The van der Waals surface area contributed by atoms with E-state index in [4.69, 9.17) is 0 Å². The average Bonchev–Trinajstić information content (AvgIpc) is 2.53. The van der Waals surface area contributed by atoms with Gasteiger partial charge in [-0.15, -0.1) is 0 Å². The Labute approximate surface area is 132 Å². The molecule has 0 radical (unpaired) electrons. The van der Waals surface area contributed by atoms with Crippen molar-refractivity contribution in [3.05, 3.63) is 5.82 Å². The quantitative estimate of drug-likeness (QED) is 0.881. The summed E-state index contributed by atoms with van der Waals surface area (Å²) in [5, 5.41) is 2.97. The third-order valence-electron chi connectivity index (χ3n) is 3.85. The number of carbonyl (C=O) groups is 1. The topological polar surface area (TPSA) is 74.2 Å². The lowest BCUT2D eigenvalue weighted by molar-refractivity contribution is -0.126. The van der Waals surface area contributed by atoms with Gasteiger partial charge in [0.1, 0.15) is 0 Å². The number of hydrogen-bond donors (Lipinski definition) is 1. The zero-order chi connectivity index (χ0) is 16.1. The molecule has 2 rings (SSSR count). The van der Waals surface area contributed by atoms with Crippen LogP contribution < -0.4 is 15.1 Å². The van der Waals surface area contributed by atoms with Crippen molar-refractivity contribution in [3.8, 4) is 0 Å². The SMILES string of the molecule is CN(C)c1nc(CNC(=O)C2CCCCC2)nc(N(C)C)n1. The summed E-state index contributed by atoms with van der Waals surface area (Å²) in [6, 6.07) is 0. The molecule has 1 aromatic rings. The van der Waals surface area contributed by atoms with E-state index in [1.165, 1.54) is 6.42 Å². The van der Waals surface area contributed by atoms with Gasteiger partial charge in [0.2, 0.25) is 17.8 Å². The fourth-order valence-electron chi connectivity index (χ4n) is 2.55. The zero-order valence-electron chi connectivity index (χ0n) is 14.0. The van der Waals surface area contributed by atoms with Gasteiger partial charge in [-0.2, -0.15) is 15.0 Å². The van der Waals surface area contributed by atoms with Crippen LogP contribution in [0.25, 0.3) is 0 Å². The highest BCUT2D eigenvalue weighted by atomic mass is 16.1. The third kappa shape index (κ3) is 4.29. The van der Waals surface area contributed by atoms with Crippen LogP contribution in [0.4, 0.5) is 11.9 Å². The number of anilines is 2. The van der Waals surface area contributed by atoms with Gasteiger partial charge < -0.3 is 15.1 Å². The van der Waals surface area contributed by atoms with Crippen LogP contribution in [0.3, 0.4) is 0 Å². The molecule has 7 heteroatoms. The lowest BCUT2D eigenvalue weighted by Crippen LogP contribution is -2.32. The Morgan fingerprint density at radius 1 is 1.00 bits per heavy atom. The molecule has 1 aliphatic carbocycles. The molecule has 0 aliphatic heterocycles. The second kappa shape index (κ2) is 7.38. The Bertz CT molecular complexity index is 485. The van der Waals surface area contributed by atoms with E-state index in [0.29, 0.717) is 24.3 Å². The lowest BCUT2D eigenvalue weighted by atomic mass is 9.89. The molecule has 0 spiro atoms. The molecule has 1 fully saturated rings. The van der Waals surface area contributed by atoms with Gasteiger partial charge in [-0.1, -0.05) is 19.3 Å². The molecular weight excluding hydrogens is 280 g/mol. The number of nitrogens with zero attached hydrogens (tertiary/aromatic N) is 5. The molecule has 1 aromatic heterocycles. The number of carbonyl (C=O) groups excluding carboxylic acids is 1. The molecule has 1 saturated carbocycles. The van der Waals surface area contributed by atoms with Crippen molar-refractivity contribution < 1.29 is 4.79 Å². The van der Waals surface area contributed by atoms with Crippen LogP contribution >= 0.6 is 0 Å². The first-order valence-corrected chi connectivity index (χ1v) is 7.84. The normalized spacial score (nSPS) is 15.5. The van der Waals surface area contributed by atoms with Crippen LogP contribution in [0.15, 0.2) is 0 Å². The number of amides is 1. The van der Waals surface area contributed by atoms with E-state index in [-0.39, 0.29) is 11.8 Å². The fraction of sp³-hybridized carbons (Fsp3) is 0.733. The van der Waals surface area contributed by atoms with Crippen LogP contribution in [-0.4, -0.2) is 49.0 Å². The van der Waals surface area contributed by atoms with Gasteiger partial charge in [0.05, 0.1) is 6.54 Å². The Hall–Kier alpha value is -1.92. The summed E-state index contributed by atoms with van der Waals surface area (Å²) in [6.07, 6.45) is 5.54. The molecule has 0 saturated heterocycles. The predicted molar refractivity (Wildman–Crippen MR) is 86.9 cm³/mol. The first-order valence-electron chi connectivity index (χ1n) is 7.84. The minimum absolute atomic E-state index is 0.123. The number of hydrogen-bond acceptors (Lipinski definition) is 6. The molecule has 0 bridgehead atoms. The van der Waals surface area contributed by atoms with Gasteiger partial charge in [-0.05, 0) is 12.8 Å². The highest BCUT2D eigenvalue weighted by Gasteiger charge is 2.21. The van der Waals surface area contributed by atoms with E-state index in [1.807, 2.05) is 38.0 Å². The smallest absolute Gasteiger partial charge is 0.229 e. The van der Waals surface area contributed by atoms with Crippen molar-refractivity contribution >= 4 is 17.8 Å². The molecule has 0 aromatic carbocycles. The van der Waals surface area contributed by atoms with Crippen molar-refractivity contribution in [3.63, 3.8) is 0 Å². The van der Waals surface area contributed by atoms with E-state index in [2.05, 4.69) is 20.3 Å². The van der Waals surface area contributed by atoms with Gasteiger partial charge in [0.15, 0.2) is 5.82 Å². The molecule has 22 heavy (non-hydrogen) atoms. The minimum Gasteiger partial charge on any atom is -0.349 e. The Balaban J connectivity index is 2.03. The second-order valence-electron chi connectivity index (χ2n) is 6.19. The standard InChI is InChI=1S/C15H26N6O/c1-20(2)14-17-12(18-15(19-14)21(3)4)10-16-13(22)11-8-6-5-7-9-11/h11H,5-10H2,1-4H3,(H,16,22). The summed E-state index contributed by atoms with van der Waals surface area (Å²) < 4.78 is 0. The van der Waals surface area contributed by atoms with E-state index >= 15 is 0 Å². The van der Waals surface area contributed by atoms with E-state index in [9.17, 15) is 4.79 Å². The van der Waals surface area contributed by atoms with Gasteiger partial charge in [-0.3, -0.25) is 4.79 Å². The average molecular weight is 306 g/mol. The van der Waals surface area contributed by atoms with Crippen molar-refractivity contribution in [2.24, 2.45) is 5.92 Å². The van der Waals surface area contributed by atoms with Crippen molar-refractivity contribution in [1.29, 1.82) is 0 Å². The molecule has 0 atom stereocenters. The molecule has 1 aliphatic rings. The van der Waals surface area contributed by atoms with Crippen LogP contribution in [0.5, 0.6) is 0 Å². The maximum Gasteiger partial charge on any atom is 0.229 e. The molecule has 122 valence electrons. The summed E-state index contributed by atoms with van der Waals surface area (Å²) in [5.74, 6) is 2.06. The van der Waals surface area contributed by atoms with Gasteiger partial charge >= 0.3 is 0 Å². The molecule has 1 heterocycles. The first-order chi connectivity index (χ1) is 10.5. The molecular formula is C15H26N6O. The zero-order valence-corrected chi connectivity index (χ0v) is 14.0. The Kier molecular flexibility index (Phi) is 5.51. The molecule has 1 amide bonds. The van der Waals surface area contributed by atoms with E-state index in [1.54, 1.807) is 0 Å². The van der Waals surface area contributed by atoms with Crippen LogP contribution in [0.2, 0.25) is 0 Å². The summed E-state index contributed by atoms with van der Waals surface area (Å²) in [5.41, 5.74) is 0. The van der Waals surface area contributed by atoms with Crippen molar-refractivity contribution in [1.82, 2.24) is 20.3 Å². The Morgan fingerprint density at radius 3 is 2.05 bits per heavy atom. The van der Waals surface area contributed by atoms with Gasteiger partial charge in [0, 0.05) is 34.1 Å². The number of nitrogens with one attached hydrogen (secondary N) is 1. The fourth-order valence-corrected chi connectivity index (χ4v) is 2.55. The maximum atomic E-state index is 12.2. The highest BCUT2D eigenvalue weighted by molar-refractivity contribution is 5.78. The third-order valence-corrected chi connectivity index (χ3v) is 3.85. The number of rotatable bonds is 5. The maximum absolute atomic E-state index is 12.2. The molecule has 7 nitrogen and oxygen atoms in total. The summed E-state index contributed by atoms with van der Waals surface area (Å²) in [7, 11) is 7.55. The van der Waals surface area contributed by atoms with Crippen LogP contribution in [-0.2, 0) is 11.3 Å². The number of aromatic nitrogens is 3. The summed E-state index contributed by atoms with van der Waals surface area (Å²) in [6.45, 7) is 0.347. The van der Waals surface area contributed by atoms with Gasteiger partial charge in [-0.25, -0.2) is 0 Å². The van der Waals surface area contributed by atoms with Crippen molar-refractivity contribution in [2.45, 2.75) is 38.6 Å².